The molecule has 0 bridgehead atoms. The number of anilines is 2. The van der Waals surface area contributed by atoms with Gasteiger partial charge in [0.05, 0.1) is 12.1 Å². The van der Waals surface area contributed by atoms with Crippen molar-refractivity contribution in [3.8, 4) is 0 Å². The maximum atomic E-state index is 5.86. The Labute approximate surface area is 115 Å². The van der Waals surface area contributed by atoms with Crippen molar-refractivity contribution in [1.82, 2.24) is 4.98 Å². The van der Waals surface area contributed by atoms with Crippen LogP contribution in [-0.4, -0.2) is 30.3 Å². The number of aromatic nitrogens is 1. The summed E-state index contributed by atoms with van der Waals surface area (Å²) in [5.41, 5.74) is 1.15. The molecule has 3 rings (SSSR count). The standard InChI is InChI=1S/C15H23N3O/c1-2-7-16-14-10-12(5-8-17-14)18-13-6-9-19-15(13)11-3-4-11/h5,8,10-11,13,15H,2-4,6-7,9H2,1H3,(H2,16,17,18). The maximum absolute atomic E-state index is 5.86. The first-order chi connectivity index (χ1) is 9.36. The molecule has 104 valence electrons. The molecule has 4 nitrogen and oxygen atoms in total. The molecule has 1 saturated heterocycles. The fourth-order valence-corrected chi connectivity index (χ4v) is 2.74. The third-order valence-corrected chi connectivity index (χ3v) is 3.89. The zero-order chi connectivity index (χ0) is 13.1. The Morgan fingerprint density at radius 1 is 1.37 bits per heavy atom. The summed E-state index contributed by atoms with van der Waals surface area (Å²) in [5, 5.41) is 6.95. The van der Waals surface area contributed by atoms with Crippen molar-refractivity contribution in [3.63, 3.8) is 0 Å². The number of hydrogen-bond acceptors (Lipinski definition) is 4. The van der Waals surface area contributed by atoms with Crippen molar-refractivity contribution < 1.29 is 4.74 Å². The second-order valence-electron chi connectivity index (χ2n) is 5.57. The van der Waals surface area contributed by atoms with Gasteiger partial charge < -0.3 is 15.4 Å². The molecule has 1 aromatic heterocycles. The average Bonchev–Trinajstić information content (AvgIpc) is 3.18. The lowest BCUT2D eigenvalue weighted by Gasteiger charge is -2.20. The molecule has 1 saturated carbocycles. The molecular formula is C15H23N3O. The highest BCUT2D eigenvalue weighted by Gasteiger charge is 2.40. The van der Waals surface area contributed by atoms with Crippen LogP contribution in [0.3, 0.4) is 0 Å². The number of nitrogens with zero attached hydrogens (tertiary/aromatic N) is 1. The van der Waals surface area contributed by atoms with Gasteiger partial charge in [-0.25, -0.2) is 4.98 Å². The average molecular weight is 261 g/mol. The third-order valence-electron chi connectivity index (χ3n) is 3.89. The maximum Gasteiger partial charge on any atom is 0.127 e. The van der Waals surface area contributed by atoms with Crippen LogP contribution in [0.1, 0.15) is 32.6 Å². The van der Waals surface area contributed by atoms with Gasteiger partial charge in [0.1, 0.15) is 5.82 Å². The van der Waals surface area contributed by atoms with Gasteiger partial charge in [0.2, 0.25) is 0 Å². The van der Waals surface area contributed by atoms with Crippen molar-refractivity contribution in [2.45, 2.75) is 44.8 Å². The molecule has 2 aliphatic rings. The van der Waals surface area contributed by atoms with E-state index in [0.29, 0.717) is 12.1 Å². The second-order valence-corrected chi connectivity index (χ2v) is 5.57. The van der Waals surface area contributed by atoms with Gasteiger partial charge in [0.15, 0.2) is 0 Å². The molecular weight excluding hydrogens is 238 g/mol. The first-order valence-corrected chi connectivity index (χ1v) is 7.45. The van der Waals surface area contributed by atoms with E-state index in [0.717, 1.165) is 43.4 Å². The fourth-order valence-electron chi connectivity index (χ4n) is 2.74. The second kappa shape index (κ2) is 5.78. The first kappa shape index (κ1) is 12.7. The molecule has 4 heteroatoms. The van der Waals surface area contributed by atoms with E-state index < -0.39 is 0 Å². The van der Waals surface area contributed by atoms with E-state index in [4.69, 9.17) is 4.74 Å². The summed E-state index contributed by atoms with van der Waals surface area (Å²) in [5.74, 6) is 1.74. The minimum atomic E-state index is 0.417. The Morgan fingerprint density at radius 3 is 3.05 bits per heavy atom. The molecule has 0 radical (unpaired) electrons. The van der Waals surface area contributed by atoms with E-state index in [9.17, 15) is 0 Å². The number of ether oxygens (including phenoxy) is 1. The molecule has 1 aliphatic carbocycles. The highest BCUT2D eigenvalue weighted by molar-refractivity contribution is 5.52. The van der Waals surface area contributed by atoms with Crippen LogP contribution in [0.5, 0.6) is 0 Å². The number of hydrogen-bond donors (Lipinski definition) is 2. The van der Waals surface area contributed by atoms with Crippen LogP contribution in [0.4, 0.5) is 11.5 Å². The van der Waals surface area contributed by atoms with Gasteiger partial charge in [0.25, 0.3) is 0 Å². The van der Waals surface area contributed by atoms with Crippen molar-refractivity contribution >= 4 is 11.5 Å². The third kappa shape index (κ3) is 3.18. The highest BCUT2D eigenvalue weighted by atomic mass is 16.5. The Balaban J connectivity index is 1.62. The molecule has 2 atom stereocenters. The number of nitrogens with one attached hydrogen (secondary N) is 2. The van der Waals surface area contributed by atoms with E-state index in [2.05, 4.69) is 28.6 Å². The van der Waals surface area contributed by atoms with Crippen LogP contribution >= 0.6 is 0 Å². The van der Waals surface area contributed by atoms with E-state index >= 15 is 0 Å². The molecule has 2 unspecified atom stereocenters. The number of pyridine rings is 1. The minimum absolute atomic E-state index is 0.417. The van der Waals surface area contributed by atoms with E-state index in [1.54, 1.807) is 0 Å². The molecule has 2 N–H and O–H groups in total. The lowest BCUT2D eigenvalue weighted by Crippen LogP contribution is -2.30. The minimum Gasteiger partial charge on any atom is -0.379 e. The van der Waals surface area contributed by atoms with Gasteiger partial charge in [-0.3, -0.25) is 0 Å². The smallest absolute Gasteiger partial charge is 0.127 e. The Hall–Kier alpha value is -1.29. The molecule has 2 heterocycles. The summed E-state index contributed by atoms with van der Waals surface area (Å²) in [6, 6.07) is 4.60. The molecule has 0 amide bonds. The van der Waals surface area contributed by atoms with E-state index in [-0.39, 0.29) is 0 Å². The Morgan fingerprint density at radius 2 is 2.26 bits per heavy atom. The number of rotatable bonds is 6. The SMILES string of the molecule is CCCNc1cc(NC2CCOC2C2CC2)ccn1. The van der Waals surface area contributed by atoms with E-state index in [1.807, 2.05) is 12.3 Å². The lowest BCUT2D eigenvalue weighted by molar-refractivity contribution is 0.0898. The summed E-state index contributed by atoms with van der Waals surface area (Å²) in [6.45, 7) is 4.02. The van der Waals surface area contributed by atoms with Crippen LogP contribution in [0.25, 0.3) is 0 Å². The van der Waals surface area contributed by atoms with Gasteiger partial charge in [-0.2, -0.15) is 0 Å². The normalized spacial score (nSPS) is 26.4. The summed E-state index contributed by atoms with van der Waals surface area (Å²) in [7, 11) is 0. The van der Waals surface area contributed by atoms with Gasteiger partial charge in [0, 0.05) is 31.1 Å². The summed E-state index contributed by atoms with van der Waals surface area (Å²) in [4.78, 5) is 4.34. The van der Waals surface area contributed by atoms with Crippen LogP contribution in [-0.2, 0) is 4.74 Å². The van der Waals surface area contributed by atoms with Crippen molar-refractivity contribution in [3.05, 3.63) is 18.3 Å². The molecule has 0 aromatic carbocycles. The van der Waals surface area contributed by atoms with Crippen molar-refractivity contribution in [2.75, 3.05) is 23.8 Å². The first-order valence-electron chi connectivity index (χ1n) is 7.45. The molecule has 1 aliphatic heterocycles. The van der Waals surface area contributed by atoms with Crippen LogP contribution < -0.4 is 10.6 Å². The summed E-state index contributed by atoms with van der Waals surface area (Å²) < 4.78 is 5.86. The highest BCUT2D eigenvalue weighted by Crippen LogP contribution is 2.39. The zero-order valence-electron chi connectivity index (χ0n) is 11.6. The van der Waals surface area contributed by atoms with Crippen LogP contribution in [0.2, 0.25) is 0 Å². The van der Waals surface area contributed by atoms with E-state index in [1.165, 1.54) is 12.8 Å². The largest absolute Gasteiger partial charge is 0.379 e. The lowest BCUT2D eigenvalue weighted by atomic mass is 10.1. The molecule has 2 fully saturated rings. The topological polar surface area (TPSA) is 46.2 Å². The monoisotopic (exact) mass is 261 g/mol. The molecule has 0 spiro atoms. The fraction of sp³-hybridized carbons (Fsp3) is 0.667. The summed E-state index contributed by atoms with van der Waals surface area (Å²) >= 11 is 0. The van der Waals surface area contributed by atoms with Gasteiger partial charge in [-0.05, 0) is 37.7 Å². The quantitative estimate of drug-likeness (QED) is 0.826. The van der Waals surface area contributed by atoms with Crippen LogP contribution in [0, 0.1) is 5.92 Å². The predicted molar refractivity (Wildman–Crippen MR) is 77.5 cm³/mol. The molecule has 19 heavy (non-hydrogen) atoms. The van der Waals surface area contributed by atoms with Crippen molar-refractivity contribution in [1.29, 1.82) is 0 Å². The van der Waals surface area contributed by atoms with Gasteiger partial charge in [-0.15, -0.1) is 0 Å². The predicted octanol–water partition coefficient (Wildman–Crippen LogP) is 2.88. The van der Waals surface area contributed by atoms with Crippen LogP contribution in [0.15, 0.2) is 18.3 Å². The zero-order valence-corrected chi connectivity index (χ0v) is 11.6. The van der Waals surface area contributed by atoms with Gasteiger partial charge in [-0.1, -0.05) is 6.92 Å². The van der Waals surface area contributed by atoms with Crippen molar-refractivity contribution in [2.24, 2.45) is 5.92 Å². The van der Waals surface area contributed by atoms with Gasteiger partial charge >= 0.3 is 0 Å². The Bertz CT molecular complexity index is 420. The molecule has 1 aromatic rings. The summed E-state index contributed by atoms with van der Waals surface area (Å²) in [6.07, 6.45) is 7.17. The Kier molecular flexibility index (Phi) is 3.87.